The van der Waals surface area contributed by atoms with Gasteiger partial charge in [0.25, 0.3) is 0 Å². The highest BCUT2D eigenvalue weighted by molar-refractivity contribution is 6.08. The third kappa shape index (κ3) is 2.21. The predicted molar refractivity (Wildman–Crippen MR) is 148 cm³/mol. The maximum atomic E-state index is 6.86. The summed E-state index contributed by atoms with van der Waals surface area (Å²) in [7, 11) is 0. The minimum absolute atomic E-state index is 0.515. The van der Waals surface area contributed by atoms with Crippen LogP contribution in [0.3, 0.4) is 0 Å². The summed E-state index contributed by atoms with van der Waals surface area (Å²) in [4.78, 5) is 8.60. The summed E-state index contributed by atoms with van der Waals surface area (Å²) in [6.07, 6.45) is 0. The standard InChI is InChI=1S/C34H20N2O/c1-4-14-24-20(10-1)21-11-2-5-15-25(21)34(24)26-16-9-13-23(33-35-27-17-6-7-18-28(27)36-33)30(26)31-22-12-3-8-19-29(22)37-32(31)34/h1-19H,(H,35,36). The summed E-state index contributed by atoms with van der Waals surface area (Å²) in [5.74, 6) is 1.88. The van der Waals surface area contributed by atoms with Crippen molar-refractivity contribution in [1.82, 2.24) is 9.97 Å². The number of rotatable bonds is 1. The molecule has 2 heterocycles. The van der Waals surface area contributed by atoms with E-state index in [1.807, 2.05) is 12.1 Å². The number of aromatic nitrogens is 2. The number of para-hydroxylation sites is 3. The molecule has 1 spiro atoms. The first kappa shape index (κ1) is 19.3. The van der Waals surface area contributed by atoms with Crippen LogP contribution in [-0.2, 0) is 5.41 Å². The summed E-state index contributed by atoms with van der Waals surface area (Å²) in [6.45, 7) is 0. The zero-order chi connectivity index (χ0) is 24.1. The number of benzene rings is 5. The fraction of sp³-hybridized carbons (Fsp3) is 0.0294. The van der Waals surface area contributed by atoms with E-state index in [0.29, 0.717) is 0 Å². The first-order chi connectivity index (χ1) is 18.4. The molecule has 0 aliphatic heterocycles. The molecule has 0 fully saturated rings. The predicted octanol–water partition coefficient (Wildman–Crippen LogP) is 8.32. The van der Waals surface area contributed by atoms with Crippen LogP contribution in [0, 0.1) is 0 Å². The summed E-state index contributed by atoms with van der Waals surface area (Å²) < 4.78 is 6.86. The van der Waals surface area contributed by atoms with Crippen molar-refractivity contribution in [2.45, 2.75) is 5.41 Å². The van der Waals surface area contributed by atoms with E-state index in [4.69, 9.17) is 9.40 Å². The smallest absolute Gasteiger partial charge is 0.139 e. The van der Waals surface area contributed by atoms with Gasteiger partial charge < -0.3 is 9.40 Å². The lowest BCUT2D eigenvalue weighted by Gasteiger charge is -2.28. The van der Waals surface area contributed by atoms with Crippen LogP contribution in [0.2, 0.25) is 0 Å². The van der Waals surface area contributed by atoms with Crippen molar-refractivity contribution in [1.29, 1.82) is 0 Å². The number of imidazole rings is 1. The summed E-state index contributed by atoms with van der Waals surface area (Å²) in [5.41, 5.74) is 12.2. The maximum absolute atomic E-state index is 6.86. The minimum atomic E-state index is -0.515. The van der Waals surface area contributed by atoms with Gasteiger partial charge in [0.2, 0.25) is 0 Å². The molecule has 37 heavy (non-hydrogen) atoms. The Balaban J connectivity index is 1.49. The Kier molecular flexibility index (Phi) is 3.47. The van der Waals surface area contributed by atoms with E-state index >= 15 is 0 Å². The molecule has 0 radical (unpaired) electrons. The molecule has 5 aromatic carbocycles. The number of aromatic amines is 1. The summed E-state index contributed by atoms with van der Waals surface area (Å²) in [6, 6.07) is 40.9. The highest BCUT2D eigenvalue weighted by atomic mass is 16.3. The molecular weight excluding hydrogens is 452 g/mol. The van der Waals surface area contributed by atoms with E-state index in [1.54, 1.807) is 0 Å². The van der Waals surface area contributed by atoms with E-state index in [9.17, 15) is 0 Å². The Bertz CT molecular complexity index is 1980. The van der Waals surface area contributed by atoms with Gasteiger partial charge >= 0.3 is 0 Å². The van der Waals surface area contributed by atoms with Crippen molar-refractivity contribution in [2.75, 3.05) is 0 Å². The van der Waals surface area contributed by atoms with E-state index in [1.165, 1.54) is 38.9 Å². The number of hydrogen-bond donors (Lipinski definition) is 1. The van der Waals surface area contributed by atoms with Crippen LogP contribution in [0.1, 0.15) is 22.5 Å². The quantitative estimate of drug-likeness (QED) is 0.261. The second-order valence-corrected chi connectivity index (χ2v) is 9.97. The van der Waals surface area contributed by atoms with Gasteiger partial charge in [0.1, 0.15) is 22.6 Å². The lowest BCUT2D eigenvalue weighted by Crippen LogP contribution is -2.25. The SMILES string of the molecule is c1ccc2c(c1)-c1ccccc1C21c2cccc(-c3nc4ccccc4[nH]3)c2-c2c1oc1ccccc21. The highest BCUT2D eigenvalue weighted by Gasteiger charge is 2.55. The molecule has 2 aromatic heterocycles. The van der Waals surface area contributed by atoms with Gasteiger partial charge in [0, 0.05) is 22.1 Å². The molecule has 0 saturated heterocycles. The lowest BCUT2D eigenvalue weighted by atomic mass is 9.73. The molecule has 0 bridgehead atoms. The van der Waals surface area contributed by atoms with Crippen LogP contribution in [0.5, 0.6) is 0 Å². The Labute approximate surface area is 213 Å². The molecule has 0 amide bonds. The normalized spacial score (nSPS) is 14.2. The van der Waals surface area contributed by atoms with E-state index < -0.39 is 5.41 Å². The number of H-pyrrole nitrogens is 1. The summed E-state index contributed by atoms with van der Waals surface area (Å²) in [5, 5.41) is 1.14. The third-order valence-electron chi connectivity index (χ3n) is 8.25. The van der Waals surface area contributed by atoms with Gasteiger partial charge in [-0.15, -0.1) is 0 Å². The van der Waals surface area contributed by atoms with Gasteiger partial charge in [-0.2, -0.15) is 0 Å². The van der Waals surface area contributed by atoms with Crippen molar-refractivity contribution in [3.05, 3.63) is 138 Å². The van der Waals surface area contributed by atoms with Crippen LogP contribution in [0.25, 0.3) is 55.6 Å². The molecule has 3 nitrogen and oxygen atoms in total. The van der Waals surface area contributed by atoms with Gasteiger partial charge in [-0.3, -0.25) is 0 Å². The Morgan fingerprint density at radius 2 is 1.22 bits per heavy atom. The molecule has 0 atom stereocenters. The number of furan rings is 1. The molecule has 9 rings (SSSR count). The van der Waals surface area contributed by atoms with Crippen molar-refractivity contribution < 1.29 is 4.42 Å². The Hall–Kier alpha value is -4.89. The van der Waals surface area contributed by atoms with Gasteiger partial charge in [0.05, 0.1) is 11.0 Å². The average molecular weight is 473 g/mol. The van der Waals surface area contributed by atoms with Crippen molar-refractivity contribution >= 4 is 22.0 Å². The maximum Gasteiger partial charge on any atom is 0.139 e. The molecule has 0 unspecified atom stereocenters. The second-order valence-electron chi connectivity index (χ2n) is 9.97. The fourth-order valence-corrected chi connectivity index (χ4v) is 6.86. The van der Waals surface area contributed by atoms with Crippen LogP contribution in [0.15, 0.2) is 120 Å². The van der Waals surface area contributed by atoms with Crippen LogP contribution in [0.4, 0.5) is 0 Å². The highest BCUT2D eigenvalue weighted by Crippen LogP contribution is 2.65. The Morgan fingerprint density at radius 1 is 0.568 bits per heavy atom. The van der Waals surface area contributed by atoms with Crippen LogP contribution in [-0.4, -0.2) is 9.97 Å². The van der Waals surface area contributed by atoms with Gasteiger partial charge in [0.15, 0.2) is 0 Å². The van der Waals surface area contributed by atoms with Gasteiger partial charge in [-0.05, 0) is 46.0 Å². The number of hydrogen-bond acceptors (Lipinski definition) is 2. The van der Waals surface area contributed by atoms with E-state index in [2.05, 4.69) is 108 Å². The van der Waals surface area contributed by atoms with E-state index in [-0.39, 0.29) is 0 Å². The van der Waals surface area contributed by atoms with Crippen molar-refractivity contribution in [2.24, 2.45) is 0 Å². The number of fused-ring (bicyclic) bond motifs is 13. The zero-order valence-corrected chi connectivity index (χ0v) is 19.8. The largest absolute Gasteiger partial charge is 0.459 e. The summed E-state index contributed by atoms with van der Waals surface area (Å²) >= 11 is 0. The molecular formula is C34H20N2O. The average Bonchev–Trinajstić information content (AvgIpc) is 3.69. The first-order valence-corrected chi connectivity index (χ1v) is 12.7. The number of nitrogens with one attached hydrogen (secondary N) is 1. The second kappa shape index (κ2) is 6.65. The monoisotopic (exact) mass is 472 g/mol. The molecule has 0 saturated carbocycles. The van der Waals surface area contributed by atoms with Crippen LogP contribution < -0.4 is 0 Å². The molecule has 2 aliphatic carbocycles. The minimum Gasteiger partial charge on any atom is -0.459 e. The Morgan fingerprint density at radius 3 is 2.03 bits per heavy atom. The molecule has 3 heteroatoms. The molecule has 7 aromatic rings. The van der Waals surface area contributed by atoms with Crippen molar-refractivity contribution in [3.8, 4) is 33.6 Å². The topological polar surface area (TPSA) is 41.8 Å². The third-order valence-corrected chi connectivity index (χ3v) is 8.25. The fourth-order valence-electron chi connectivity index (χ4n) is 6.86. The van der Waals surface area contributed by atoms with Gasteiger partial charge in [-0.1, -0.05) is 97.1 Å². The van der Waals surface area contributed by atoms with E-state index in [0.717, 1.165) is 39.2 Å². The molecule has 2 aliphatic rings. The first-order valence-electron chi connectivity index (χ1n) is 12.7. The number of nitrogens with zero attached hydrogens (tertiary/aromatic N) is 1. The van der Waals surface area contributed by atoms with Gasteiger partial charge in [-0.25, -0.2) is 4.98 Å². The van der Waals surface area contributed by atoms with Crippen LogP contribution >= 0.6 is 0 Å². The zero-order valence-electron chi connectivity index (χ0n) is 19.8. The lowest BCUT2D eigenvalue weighted by molar-refractivity contribution is 0.507. The van der Waals surface area contributed by atoms with Crippen molar-refractivity contribution in [3.63, 3.8) is 0 Å². The molecule has 172 valence electrons. The molecule has 1 N–H and O–H groups in total.